The van der Waals surface area contributed by atoms with Crippen LogP contribution in [-0.4, -0.2) is 35.4 Å². The lowest BCUT2D eigenvalue weighted by atomic mass is 9.86. The minimum absolute atomic E-state index is 0.0437. The fourth-order valence-electron chi connectivity index (χ4n) is 4.15. The first-order chi connectivity index (χ1) is 13.8. The van der Waals surface area contributed by atoms with Crippen molar-refractivity contribution in [2.24, 2.45) is 11.3 Å². The predicted molar refractivity (Wildman–Crippen MR) is 119 cm³/mol. The number of carbonyl (C=O) groups is 1. The van der Waals surface area contributed by atoms with Crippen molar-refractivity contribution in [2.45, 2.75) is 52.5 Å². The quantitative estimate of drug-likeness (QED) is 0.767. The summed E-state index contributed by atoms with van der Waals surface area (Å²) in [6.45, 7) is 11.4. The average Bonchev–Trinajstić information content (AvgIpc) is 2.72. The predicted octanol–water partition coefficient (Wildman–Crippen LogP) is 4.80. The Hall–Kier alpha value is -2.20. The van der Waals surface area contributed by atoms with Crippen LogP contribution in [0.3, 0.4) is 0 Å². The van der Waals surface area contributed by atoms with E-state index in [0.29, 0.717) is 11.8 Å². The minimum Gasteiger partial charge on any atom is -0.347 e. The van der Waals surface area contributed by atoms with Crippen molar-refractivity contribution in [2.75, 3.05) is 19.6 Å². The number of hydrogen-bond donors (Lipinski definition) is 1. The molecule has 2 aromatic rings. The Morgan fingerprint density at radius 1 is 1.17 bits per heavy atom. The van der Waals surface area contributed by atoms with E-state index >= 15 is 0 Å². The summed E-state index contributed by atoms with van der Waals surface area (Å²) in [6, 6.07) is 16.7. The zero-order valence-corrected chi connectivity index (χ0v) is 18.3. The standard InChI is InChI=1S/C25H35N3O/c1-19(20-11-6-5-7-12-20)17-28-16-10-13-21(18-28)23(22-14-8-9-15-26-22)27-24(29)25(2,3)4/h5-9,11-12,14-15,19,21,23H,10,13,16-18H2,1-4H3,(H,27,29). The van der Waals surface area contributed by atoms with Crippen molar-refractivity contribution in [1.29, 1.82) is 0 Å². The molecule has 1 aliphatic rings. The highest BCUT2D eigenvalue weighted by atomic mass is 16.2. The smallest absolute Gasteiger partial charge is 0.225 e. The molecule has 0 bridgehead atoms. The van der Waals surface area contributed by atoms with Crippen molar-refractivity contribution < 1.29 is 4.79 Å². The van der Waals surface area contributed by atoms with E-state index < -0.39 is 5.41 Å². The molecular weight excluding hydrogens is 358 g/mol. The van der Waals surface area contributed by atoms with Gasteiger partial charge in [-0.15, -0.1) is 0 Å². The molecule has 0 spiro atoms. The Morgan fingerprint density at radius 3 is 2.55 bits per heavy atom. The first-order valence-corrected chi connectivity index (χ1v) is 10.8. The highest BCUT2D eigenvalue weighted by Crippen LogP contribution is 2.31. The summed E-state index contributed by atoms with van der Waals surface area (Å²) >= 11 is 0. The molecule has 0 saturated carbocycles. The number of nitrogens with one attached hydrogen (secondary N) is 1. The maximum atomic E-state index is 12.8. The summed E-state index contributed by atoms with van der Waals surface area (Å²) in [5.41, 5.74) is 1.94. The third-order valence-corrected chi connectivity index (χ3v) is 5.89. The lowest BCUT2D eigenvalue weighted by Crippen LogP contribution is -2.46. The number of carbonyl (C=O) groups excluding carboxylic acids is 1. The van der Waals surface area contributed by atoms with Gasteiger partial charge in [-0.2, -0.15) is 0 Å². The molecular formula is C25H35N3O. The van der Waals surface area contributed by atoms with Crippen molar-refractivity contribution in [3.05, 3.63) is 66.0 Å². The molecule has 0 radical (unpaired) electrons. The van der Waals surface area contributed by atoms with Gasteiger partial charge in [0.2, 0.25) is 5.91 Å². The third kappa shape index (κ3) is 5.89. The van der Waals surface area contributed by atoms with Crippen LogP contribution in [-0.2, 0) is 4.79 Å². The maximum absolute atomic E-state index is 12.8. The topological polar surface area (TPSA) is 45.2 Å². The van der Waals surface area contributed by atoms with E-state index in [1.807, 2.05) is 45.2 Å². The van der Waals surface area contributed by atoms with Gasteiger partial charge in [-0.25, -0.2) is 0 Å². The van der Waals surface area contributed by atoms with Gasteiger partial charge in [0.1, 0.15) is 0 Å². The molecule has 3 atom stereocenters. The van der Waals surface area contributed by atoms with E-state index in [1.165, 1.54) is 5.56 Å². The van der Waals surface area contributed by atoms with Gasteiger partial charge in [0, 0.05) is 24.7 Å². The molecule has 0 aliphatic carbocycles. The molecule has 156 valence electrons. The largest absolute Gasteiger partial charge is 0.347 e. The Kier molecular flexibility index (Phi) is 7.07. The first kappa shape index (κ1) is 21.5. The monoisotopic (exact) mass is 393 g/mol. The van der Waals surface area contributed by atoms with Crippen molar-refractivity contribution >= 4 is 5.91 Å². The summed E-state index contributed by atoms with van der Waals surface area (Å²) in [5.74, 6) is 0.947. The van der Waals surface area contributed by atoms with Crippen LogP contribution in [0.15, 0.2) is 54.7 Å². The Balaban J connectivity index is 1.73. The minimum atomic E-state index is -0.413. The first-order valence-electron chi connectivity index (χ1n) is 10.8. The van der Waals surface area contributed by atoms with Crippen LogP contribution in [0.25, 0.3) is 0 Å². The zero-order valence-electron chi connectivity index (χ0n) is 18.3. The SMILES string of the molecule is CC(CN1CCCC(C(NC(=O)C(C)(C)C)c2ccccn2)C1)c1ccccc1. The van der Waals surface area contributed by atoms with Gasteiger partial charge in [-0.05, 0) is 48.9 Å². The zero-order chi connectivity index (χ0) is 20.9. The van der Waals surface area contributed by atoms with Gasteiger partial charge >= 0.3 is 0 Å². The van der Waals surface area contributed by atoms with Crippen LogP contribution in [0, 0.1) is 11.3 Å². The summed E-state index contributed by atoms with van der Waals surface area (Å²) in [4.78, 5) is 19.9. The number of nitrogens with zero attached hydrogens (tertiary/aromatic N) is 2. The van der Waals surface area contributed by atoms with Crippen LogP contribution < -0.4 is 5.32 Å². The van der Waals surface area contributed by atoms with Crippen molar-refractivity contribution in [1.82, 2.24) is 15.2 Å². The Labute approximate surface area is 175 Å². The highest BCUT2D eigenvalue weighted by Gasteiger charge is 2.33. The summed E-state index contributed by atoms with van der Waals surface area (Å²) in [5, 5.41) is 3.32. The second kappa shape index (κ2) is 9.53. The summed E-state index contributed by atoms with van der Waals surface area (Å²) < 4.78 is 0. The maximum Gasteiger partial charge on any atom is 0.225 e. The van der Waals surface area contributed by atoms with E-state index in [-0.39, 0.29) is 11.9 Å². The van der Waals surface area contributed by atoms with E-state index in [9.17, 15) is 4.79 Å². The third-order valence-electron chi connectivity index (χ3n) is 5.89. The Morgan fingerprint density at radius 2 is 1.90 bits per heavy atom. The van der Waals surface area contributed by atoms with Gasteiger partial charge in [-0.1, -0.05) is 64.1 Å². The van der Waals surface area contributed by atoms with Crippen LogP contribution in [0.2, 0.25) is 0 Å². The number of amides is 1. The molecule has 2 heterocycles. The molecule has 4 nitrogen and oxygen atoms in total. The number of aromatic nitrogens is 1. The van der Waals surface area contributed by atoms with E-state index in [4.69, 9.17) is 0 Å². The summed E-state index contributed by atoms with van der Waals surface area (Å²) in [7, 11) is 0. The second-order valence-corrected chi connectivity index (χ2v) is 9.43. The molecule has 3 unspecified atom stereocenters. The molecule has 29 heavy (non-hydrogen) atoms. The van der Waals surface area contributed by atoms with Gasteiger partial charge in [0.05, 0.1) is 11.7 Å². The van der Waals surface area contributed by atoms with Gasteiger partial charge in [-0.3, -0.25) is 9.78 Å². The molecule has 1 aliphatic heterocycles. The lowest BCUT2D eigenvalue weighted by molar-refractivity contribution is -0.130. The molecule has 1 fully saturated rings. The second-order valence-electron chi connectivity index (χ2n) is 9.43. The highest BCUT2D eigenvalue weighted by molar-refractivity contribution is 5.81. The van der Waals surface area contributed by atoms with Gasteiger partial charge in [0.15, 0.2) is 0 Å². The molecule has 1 amide bonds. The number of likely N-dealkylation sites (tertiary alicyclic amines) is 1. The molecule has 3 rings (SSSR count). The number of pyridine rings is 1. The molecule has 1 aromatic heterocycles. The van der Waals surface area contributed by atoms with E-state index in [1.54, 1.807) is 0 Å². The normalized spacial score (nSPS) is 20.1. The number of benzene rings is 1. The van der Waals surface area contributed by atoms with Crippen LogP contribution >= 0.6 is 0 Å². The Bertz CT molecular complexity index is 770. The van der Waals surface area contributed by atoms with Gasteiger partial charge < -0.3 is 10.2 Å². The number of piperidine rings is 1. The van der Waals surface area contributed by atoms with Gasteiger partial charge in [0.25, 0.3) is 0 Å². The van der Waals surface area contributed by atoms with Crippen LogP contribution in [0.1, 0.15) is 63.8 Å². The molecule has 1 saturated heterocycles. The molecule has 1 N–H and O–H groups in total. The fraction of sp³-hybridized carbons (Fsp3) is 0.520. The number of hydrogen-bond acceptors (Lipinski definition) is 3. The average molecular weight is 394 g/mol. The van der Waals surface area contributed by atoms with Crippen molar-refractivity contribution in [3.8, 4) is 0 Å². The number of rotatable bonds is 6. The van der Waals surface area contributed by atoms with Crippen LogP contribution in [0.4, 0.5) is 0 Å². The van der Waals surface area contributed by atoms with E-state index in [2.05, 4.69) is 52.5 Å². The fourth-order valence-corrected chi connectivity index (χ4v) is 4.15. The van der Waals surface area contributed by atoms with Crippen LogP contribution in [0.5, 0.6) is 0 Å². The van der Waals surface area contributed by atoms with Crippen molar-refractivity contribution in [3.63, 3.8) is 0 Å². The lowest BCUT2D eigenvalue weighted by Gasteiger charge is -2.39. The molecule has 1 aromatic carbocycles. The summed E-state index contributed by atoms with van der Waals surface area (Å²) in [6.07, 6.45) is 4.09. The van der Waals surface area contributed by atoms with E-state index in [0.717, 1.165) is 38.2 Å². The molecule has 4 heteroatoms.